The Labute approximate surface area is 248 Å². The number of allylic oxidation sites excluding steroid dienone is 6. The zero-order valence-corrected chi connectivity index (χ0v) is 24.8. The number of aryl methyl sites for hydroxylation is 1. The van der Waals surface area contributed by atoms with Crippen LogP contribution in [0.4, 0.5) is 15.8 Å². The molecule has 0 bridgehead atoms. The fourth-order valence-electron chi connectivity index (χ4n) is 5.43. The zero-order valence-electron chi connectivity index (χ0n) is 24.0. The summed E-state index contributed by atoms with van der Waals surface area (Å²) in [5.41, 5.74) is 5.71. The third-order valence-electron chi connectivity index (χ3n) is 7.40. The molecule has 8 nitrogen and oxygen atoms in total. The molecule has 1 amide bonds. The summed E-state index contributed by atoms with van der Waals surface area (Å²) in [7, 11) is 1.87. The van der Waals surface area contributed by atoms with E-state index in [0.29, 0.717) is 41.3 Å². The third-order valence-corrected chi connectivity index (χ3v) is 8.43. The molecule has 3 aliphatic rings. The van der Waals surface area contributed by atoms with Gasteiger partial charge in [-0.05, 0) is 43.2 Å². The van der Waals surface area contributed by atoms with Crippen molar-refractivity contribution < 1.29 is 9.18 Å². The van der Waals surface area contributed by atoms with Crippen LogP contribution >= 0.6 is 11.3 Å². The largest absolute Gasteiger partial charge is 0.353 e. The second-order valence-corrected chi connectivity index (χ2v) is 11.9. The number of carbonyl (C=O) groups excluding carboxylic acids is 1. The Bertz CT molecular complexity index is 1730. The molecule has 6 rings (SSSR count). The van der Waals surface area contributed by atoms with E-state index in [0.717, 1.165) is 29.1 Å². The van der Waals surface area contributed by atoms with Crippen LogP contribution in [-0.4, -0.2) is 35.3 Å². The number of fused-ring (bicyclic) bond motifs is 1. The number of pyridine rings is 2. The Kier molecular flexibility index (Phi) is 7.47. The highest BCUT2D eigenvalue weighted by Gasteiger charge is 2.32. The number of thiophene rings is 1. The van der Waals surface area contributed by atoms with E-state index in [2.05, 4.69) is 64.1 Å². The standard InChI is InChI=1S/C32H32FN7OS/c1-5-7-26(41)38-21-13-20(14-34-15-21)30-29(33)28-24(16-36-30)40(4)17-37-31(28)23-12-18(2)27-22(25-10-9-19(3)42-25)8-6-11-35-32(27)39-23/h6,8-16,18,35,39H,5,7,17H2,1-4H3,(H,38,41). The van der Waals surface area contributed by atoms with Crippen LogP contribution in [-0.2, 0) is 4.79 Å². The van der Waals surface area contributed by atoms with Crippen LogP contribution in [0.2, 0.25) is 0 Å². The quantitative estimate of drug-likeness (QED) is 0.325. The van der Waals surface area contributed by atoms with Gasteiger partial charge in [-0.1, -0.05) is 26.0 Å². The lowest BCUT2D eigenvalue weighted by Crippen LogP contribution is -2.36. The molecule has 0 aromatic carbocycles. The van der Waals surface area contributed by atoms with E-state index in [1.165, 1.54) is 9.75 Å². The van der Waals surface area contributed by atoms with Gasteiger partial charge in [0.15, 0.2) is 5.82 Å². The van der Waals surface area contributed by atoms with Crippen molar-refractivity contribution in [1.82, 2.24) is 20.6 Å². The highest BCUT2D eigenvalue weighted by atomic mass is 32.1. The summed E-state index contributed by atoms with van der Waals surface area (Å²) in [6.07, 6.45) is 14.0. The van der Waals surface area contributed by atoms with Crippen LogP contribution in [0.1, 0.15) is 42.0 Å². The van der Waals surface area contributed by atoms with Crippen LogP contribution in [0, 0.1) is 18.7 Å². The summed E-state index contributed by atoms with van der Waals surface area (Å²) in [5.74, 6) is 0.275. The molecule has 3 N–H and O–H groups in total. The maximum Gasteiger partial charge on any atom is 0.224 e. The van der Waals surface area contributed by atoms with E-state index in [1.54, 1.807) is 36.0 Å². The molecule has 1 unspecified atom stereocenters. The number of aliphatic imine (C=N–C) groups is 1. The van der Waals surface area contributed by atoms with E-state index in [9.17, 15) is 4.79 Å². The highest BCUT2D eigenvalue weighted by Crippen LogP contribution is 2.40. The zero-order chi connectivity index (χ0) is 29.4. The number of dihydropyridines is 1. The number of aromatic nitrogens is 2. The molecule has 0 saturated carbocycles. The molecular weight excluding hydrogens is 549 g/mol. The number of hydrogen-bond donors (Lipinski definition) is 3. The molecular formula is C32H32FN7OS. The minimum atomic E-state index is -0.491. The molecule has 0 saturated heterocycles. The monoisotopic (exact) mass is 581 g/mol. The Hall–Kier alpha value is -4.57. The second-order valence-electron chi connectivity index (χ2n) is 10.6. The number of amides is 1. The van der Waals surface area contributed by atoms with Gasteiger partial charge < -0.3 is 20.9 Å². The Morgan fingerprint density at radius 1 is 1.26 bits per heavy atom. The van der Waals surface area contributed by atoms with Gasteiger partial charge in [-0.15, -0.1) is 11.3 Å². The van der Waals surface area contributed by atoms with Gasteiger partial charge in [-0.25, -0.2) is 4.39 Å². The highest BCUT2D eigenvalue weighted by molar-refractivity contribution is 7.13. The summed E-state index contributed by atoms with van der Waals surface area (Å²) in [6, 6.07) is 5.98. The van der Waals surface area contributed by atoms with E-state index in [1.807, 2.05) is 31.1 Å². The van der Waals surface area contributed by atoms with E-state index >= 15 is 4.39 Å². The van der Waals surface area contributed by atoms with Crippen LogP contribution in [0.5, 0.6) is 0 Å². The van der Waals surface area contributed by atoms with Gasteiger partial charge in [0.1, 0.15) is 18.2 Å². The number of nitrogens with one attached hydrogen (secondary N) is 3. The van der Waals surface area contributed by atoms with Crippen molar-refractivity contribution >= 4 is 39.9 Å². The fourth-order valence-corrected chi connectivity index (χ4v) is 6.34. The van der Waals surface area contributed by atoms with Gasteiger partial charge in [0.2, 0.25) is 5.91 Å². The Morgan fingerprint density at radius 2 is 2.12 bits per heavy atom. The molecule has 0 radical (unpaired) electrons. The first-order valence-electron chi connectivity index (χ1n) is 14.0. The Morgan fingerprint density at radius 3 is 2.90 bits per heavy atom. The average Bonchev–Trinajstić information content (AvgIpc) is 3.28. The molecule has 3 aromatic rings. The minimum absolute atomic E-state index is 0.0279. The van der Waals surface area contributed by atoms with Crippen molar-refractivity contribution in [3.05, 3.63) is 99.4 Å². The van der Waals surface area contributed by atoms with Gasteiger partial charge in [0.05, 0.1) is 40.7 Å². The number of nitrogens with zero attached hydrogens (tertiary/aromatic N) is 4. The lowest BCUT2D eigenvalue weighted by atomic mass is 9.87. The number of hydrogen-bond acceptors (Lipinski definition) is 8. The topological polar surface area (TPSA) is 94.5 Å². The fraction of sp³-hybridized carbons (Fsp3) is 0.250. The van der Waals surface area contributed by atoms with Crippen molar-refractivity contribution in [3.8, 4) is 11.3 Å². The summed E-state index contributed by atoms with van der Waals surface area (Å²) < 4.78 is 16.5. The van der Waals surface area contributed by atoms with Gasteiger partial charge in [0, 0.05) is 52.7 Å². The number of rotatable bonds is 6. The first-order chi connectivity index (χ1) is 20.3. The van der Waals surface area contributed by atoms with Crippen molar-refractivity contribution in [1.29, 1.82) is 0 Å². The number of anilines is 2. The molecule has 3 aromatic heterocycles. The van der Waals surface area contributed by atoms with E-state index in [4.69, 9.17) is 4.99 Å². The van der Waals surface area contributed by atoms with E-state index < -0.39 is 5.82 Å². The SMILES string of the molecule is CCCC(=O)Nc1cncc(-c2ncc3c(c2F)C(C2=CC(C)C4=C(NC=CC=C4c4ccc(C)s4)N2)=NCN3C)c1. The predicted molar refractivity (Wildman–Crippen MR) is 167 cm³/mol. The predicted octanol–water partition coefficient (Wildman–Crippen LogP) is 6.12. The van der Waals surface area contributed by atoms with Crippen molar-refractivity contribution in [3.63, 3.8) is 0 Å². The van der Waals surface area contributed by atoms with Crippen LogP contribution < -0.4 is 20.9 Å². The normalized spacial score (nSPS) is 17.7. The number of carbonyl (C=O) groups is 1. The molecule has 42 heavy (non-hydrogen) atoms. The first-order valence-corrected chi connectivity index (χ1v) is 14.8. The lowest BCUT2D eigenvalue weighted by molar-refractivity contribution is -0.116. The molecule has 0 aliphatic carbocycles. The molecule has 0 spiro atoms. The van der Waals surface area contributed by atoms with Gasteiger partial charge in [0.25, 0.3) is 0 Å². The second kappa shape index (κ2) is 11.4. The smallest absolute Gasteiger partial charge is 0.224 e. The molecule has 214 valence electrons. The van der Waals surface area contributed by atoms with Crippen molar-refractivity contribution in [2.24, 2.45) is 10.9 Å². The van der Waals surface area contributed by atoms with Crippen LogP contribution in [0.15, 0.2) is 83.3 Å². The summed E-state index contributed by atoms with van der Waals surface area (Å²) >= 11 is 1.76. The molecule has 6 heterocycles. The maximum absolute atomic E-state index is 16.5. The van der Waals surface area contributed by atoms with Crippen LogP contribution in [0.25, 0.3) is 16.8 Å². The average molecular weight is 582 g/mol. The maximum atomic E-state index is 16.5. The number of halogens is 1. The Balaban J connectivity index is 1.37. The third kappa shape index (κ3) is 5.14. The van der Waals surface area contributed by atoms with E-state index in [-0.39, 0.29) is 17.5 Å². The van der Waals surface area contributed by atoms with Gasteiger partial charge in [-0.3, -0.25) is 19.8 Å². The first kappa shape index (κ1) is 27.6. The molecule has 0 fully saturated rings. The minimum Gasteiger partial charge on any atom is -0.353 e. The molecule has 10 heteroatoms. The van der Waals surface area contributed by atoms with Crippen molar-refractivity contribution in [2.75, 3.05) is 23.9 Å². The van der Waals surface area contributed by atoms with Crippen molar-refractivity contribution in [2.45, 2.75) is 33.6 Å². The summed E-state index contributed by atoms with van der Waals surface area (Å²) in [4.78, 5) is 30.0. The molecule has 3 aliphatic heterocycles. The summed E-state index contributed by atoms with van der Waals surface area (Å²) in [5, 5.41) is 9.75. The lowest BCUT2D eigenvalue weighted by Gasteiger charge is -2.32. The van der Waals surface area contributed by atoms with Crippen LogP contribution in [0.3, 0.4) is 0 Å². The van der Waals surface area contributed by atoms with Gasteiger partial charge >= 0.3 is 0 Å². The molecule has 1 atom stereocenters. The van der Waals surface area contributed by atoms with Gasteiger partial charge in [-0.2, -0.15) is 0 Å². The summed E-state index contributed by atoms with van der Waals surface area (Å²) in [6.45, 7) is 6.56.